The van der Waals surface area contributed by atoms with Crippen LogP contribution in [0.4, 0.5) is 0 Å². The van der Waals surface area contributed by atoms with Gasteiger partial charge in [0.15, 0.2) is 0 Å². The van der Waals surface area contributed by atoms with E-state index in [2.05, 4.69) is 38.0 Å². The van der Waals surface area contributed by atoms with Crippen LogP contribution in [0.2, 0.25) is 0 Å². The molecule has 2 saturated carbocycles. The molecule has 0 aromatic rings. The first kappa shape index (κ1) is 13.4. The maximum absolute atomic E-state index is 3.81. The van der Waals surface area contributed by atoms with E-state index in [0.717, 1.165) is 30.5 Å². The van der Waals surface area contributed by atoms with E-state index in [-0.39, 0.29) is 0 Å². The van der Waals surface area contributed by atoms with Crippen LogP contribution in [0, 0.1) is 11.8 Å². The monoisotopic (exact) mass is 238 g/mol. The minimum absolute atomic E-state index is 0.689. The van der Waals surface area contributed by atoms with Crippen LogP contribution in [0.1, 0.15) is 52.9 Å². The summed E-state index contributed by atoms with van der Waals surface area (Å²) in [6.45, 7) is 8.34. The summed E-state index contributed by atoms with van der Waals surface area (Å²) in [6.07, 6.45) is 7.03. The number of rotatable bonds is 5. The number of hydrogen-bond donors (Lipinski definition) is 1. The quantitative estimate of drug-likeness (QED) is 0.792. The molecule has 0 spiro atoms. The fourth-order valence-corrected chi connectivity index (χ4v) is 3.28. The lowest BCUT2D eigenvalue weighted by Crippen LogP contribution is -2.46. The van der Waals surface area contributed by atoms with Crippen molar-refractivity contribution in [1.29, 1.82) is 0 Å². The standard InChI is InChI=1S/C15H30N2/c1-11-5-8-15(12(2)9-11)16-10-13(3)17(4)14-6-7-14/h11-16H,5-10H2,1-4H3. The third-order valence-corrected chi connectivity index (χ3v) is 4.93. The highest BCUT2D eigenvalue weighted by Gasteiger charge is 2.30. The van der Waals surface area contributed by atoms with Crippen LogP contribution in [0.15, 0.2) is 0 Å². The van der Waals surface area contributed by atoms with E-state index in [0.29, 0.717) is 6.04 Å². The number of nitrogens with one attached hydrogen (secondary N) is 1. The Bertz CT molecular complexity index is 237. The van der Waals surface area contributed by atoms with Crippen molar-refractivity contribution in [2.45, 2.75) is 71.0 Å². The van der Waals surface area contributed by atoms with Gasteiger partial charge in [0.25, 0.3) is 0 Å². The molecule has 0 aliphatic heterocycles. The average molecular weight is 238 g/mol. The van der Waals surface area contributed by atoms with Crippen molar-refractivity contribution in [2.75, 3.05) is 13.6 Å². The highest BCUT2D eigenvalue weighted by molar-refractivity contribution is 4.87. The first-order valence-corrected chi connectivity index (χ1v) is 7.53. The van der Waals surface area contributed by atoms with Crippen LogP contribution in [-0.2, 0) is 0 Å². The molecule has 100 valence electrons. The Morgan fingerprint density at radius 2 is 1.88 bits per heavy atom. The molecule has 1 N–H and O–H groups in total. The van der Waals surface area contributed by atoms with E-state index >= 15 is 0 Å². The maximum atomic E-state index is 3.81. The summed E-state index contributed by atoms with van der Waals surface area (Å²) in [5.74, 6) is 1.80. The van der Waals surface area contributed by atoms with Gasteiger partial charge in [-0.3, -0.25) is 4.90 Å². The van der Waals surface area contributed by atoms with Crippen LogP contribution >= 0.6 is 0 Å². The molecular formula is C15H30N2. The highest BCUT2D eigenvalue weighted by Crippen LogP contribution is 2.29. The molecule has 2 fully saturated rings. The molecule has 0 aromatic carbocycles. The fourth-order valence-electron chi connectivity index (χ4n) is 3.28. The smallest absolute Gasteiger partial charge is 0.0192 e. The first-order valence-electron chi connectivity index (χ1n) is 7.53. The Morgan fingerprint density at radius 3 is 2.47 bits per heavy atom. The zero-order valence-electron chi connectivity index (χ0n) is 12.1. The molecule has 0 amide bonds. The van der Waals surface area contributed by atoms with E-state index in [1.54, 1.807) is 0 Å². The predicted octanol–water partition coefficient (Wildman–Crippen LogP) is 2.88. The second kappa shape index (κ2) is 5.71. The van der Waals surface area contributed by atoms with Gasteiger partial charge >= 0.3 is 0 Å². The molecule has 0 heterocycles. The third kappa shape index (κ3) is 3.69. The molecule has 0 bridgehead atoms. The molecule has 2 nitrogen and oxygen atoms in total. The van der Waals surface area contributed by atoms with Gasteiger partial charge in [-0.05, 0) is 57.9 Å². The van der Waals surface area contributed by atoms with Crippen molar-refractivity contribution in [3.63, 3.8) is 0 Å². The lowest BCUT2D eigenvalue weighted by molar-refractivity contribution is 0.194. The molecule has 0 aromatic heterocycles. The summed E-state index contributed by atoms with van der Waals surface area (Å²) in [4.78, 5) is 2.56. The lowest BCUT2D eigenvalue weighted by Gasteiger charge is -2.35. The Kier molecular flexibility index (Phi) is 4.48. The van der Waals surface area contributed by atoms with Crippen LogP contribution in [0.25, 0.3) is 0 Å². The summed E-state index contributed by atoms with van der Waals surface area (Å²) in [5.41, 5.74) is 0. The van der Waals surface area contributed by atoms with Crippen LogP contribution in [0.5, 0.6) is 0 Å². The minimum atomic E-state index is 0.689. The van der Waals surface area contributed by atoms with Crippen LogP contribution in [-0.4, -0.2) is 36.6 Å². The van der Waals surface area contributed by atoms with Crippen LogP contribution < -0.4 is 5.32 Å². The van der Waals surface area contributed by atoms with E-state index < -0.39 is 0 Å². The molecule has 0 saturated heterocycles. The van der Waals surface area contributed by atoms with Gasteiger partial charge in [-0.1, -0.05) is 13.8 Å². The molecule has 2 aliphatic carbocycles. The van der Waals surface area contributed by atoms with Gasteiger partial charge in [0.2, 0.25) is 0 Å². The van der Waals surface area contributed by atoms with Gasteiger partial charge in [0.1, 0.15) is 0 Å². The Balaban J connectivity index is 1.70. The third-order valence-electron chi connectivity index (χ3n) is 4.93. The Labute approximate surface area is 107 Å². The summed E-state index contributed by atoms with van der Waals surface area (Å²) in [7, 11) is 2.29. The number of hydrogen-bond acceptors (Lipinski definition) is 2. The van der Waals surface area contributed by atoms with Crippen LogP contribution in [0.3, 0.4) is 0 Å². The van der Waals surface area contributed by atoms with Crippen molar-refractivity contribution in [2.24, 2.45) is 11.8 Å². The molecule has 2 heteroatoms. The summed E-state index contributed by atoms with van der Waals surface area (Å²) >= 11 is 0. The van der Waals surface area contributed by atoms with E-state index in [1.807, 2.05) is 0 Å². The zero-order chi connectivity index (χ0) is 12.4. The van der Waals surface area contributed by atoms with Gasteiger partial charge in [-0.15, -0.1) is 0 Å². The van der Waals surface area contributed by atoms with Gasteiger partial charge in [0, 0.05) is 24.7 Å². The molecule has 17 heavy (non-hydrogen) atoms. The predicted molar refractivity (Wildman–Crippen MR) is 74.2 cm³/mol. The zero-order valence-corrected chi connectivity index (χ0v) is 12.1. The molecule has 0 radical (unpaired) electrons. The summed E-state index contributed by atoms with van der Waals surface area (Å²) < 4.78 is 0. The SMILES string of the molecule is CC1CCC(NCC(C)N(C)C2CC2)C(C)C1. The Hall–Kier alpha value is -0.0800. The van der Waals surface area contributed by atoms with E-state index in [4.69, 9.17) is 0 Å². The first-order chi connectivity index (χ1) is 8.08. The van der Waals surface area contributed by atoms with Gasteiger partial charge in [0.05, 0.1) is 0 Å². The molecule has 4 unspecified atom stereocenters. The Morgan fingerprint density at radius 1 is 1.18 bits per heavy atom. The van der Waals surface area contributed by atoms with E-state index in [1.165, 1.54) is 32.1 Å². The molecule has 4 atom stereocenters. The maximum Gasteiger partial charge on any atom is 0.0192 e. The van der Waals surface area contributed by atoms with Crippen molar-refractivity contribution in [3.8, 4) is 0 Å². The fraction of sp³-hybridized carbons (Fsp3) is 1.00. The second-order valence-corrected chi connectivity index (χ2v) is 6.66. The van der Waals surface area contributed by atoms with Crippen molar-refractivity contribution < 1.29 is 0 Å². The van der Waals surface area contributed by atoms with Crippen molar-refractivity contribution in [3.05, 3.63) is 0 Å². The van der Waals surface area contributed by atoms with E-state index in [9.17, 15) is 0 Å². The largest absolute Gasteiger partial charge is 0.312 e. The molecular weight excluding hydrogens is 208 g/mol. The topological polar surface area (TPSA) is 15.3 Å². The van der Waals surface area contributed by atoms with Crippen molar-refractivity contribution in [1.82, 2.24) is 10.2 Å². The molecule has 2 rings (SSSR count). The van der Waals surface area contributed by atoms with Gasteiger partial charge in [-0.2, -0.15) is 0 Å². The second-order valence-electron chi connectivity index (χ2n) is 6.66. The minimum Gasteiger partial charge on any atom is -0.312 e. The van der Waals surface area contributed by atoms with Gasteiger partial charge < -0.3 is 5.32 Å². The summed E-state index contributed by atoms with van der Waals surface area (Å²) in [5, 5.41) is 3.81. The number of nitrogens with zero attached hydrogens (tertiary/aromatic N) is 1. The van der Waals surface area contributed by atoms with Crippen molar-refractivity contribution >= 4 is 0 Å². The lowest BCUT2D eigenvalue weighted by atomic mass is 9.80. The normalized spacial score (nSPS) is 36.2. The van der Waals surface area contributed by atoms with Gasteiger partial charge in [-0.25, -0.2) is 0 Å². The number of likely N-dealkylation sites (N-methyl/N-ethyl adjacent to an activating group) is 1. The summed E-state index contributed by atoms with van der Waals surface area (Å²) in [6, 6.07) is 2.34. The molecule has 2 aliphatic rings. The average Bonchev–Trinajstić information content (AvgIpc) is 3.10. The highest BCUT2D eigenvalue weighted by atomic mass is 15.2.